The Labute approximate surface area is 127 Å². The maximum atomic E-state index is 5.76. The summed E-state index contributed by atoms with van der Waals surface area (Å²) in [5.41, 5.74) is 6.85. The van der Waals surface area contributed by atoms with E-state index in [-0.39, 0.29) is 6.04 Å². The molecule has 2 N–H and O–H groups in total. The van der Waals surface area contributed by atoms with Gasteiger partial charge in [0.2, 0.25) is 5.88 Å². The van der Waals surface area contributed by atoms with E-state index in [4.69, 9.17) is 15.2 Å². The summed E-state index contributed by atoms with van der Waals surface area (Å²) >= 11 is 3.44. The molecule has 106 valence electrons. The molecule has 2 rings (SSSR count). The predicted molar refractivity (Wildman–Crippen MR) is 82.4 cm³/mol. The van der Waals surface area contributed by atoms with Crippen molar-refractivity contribution in [2.45, 2.75) is 19.4 Å². The predicted octanol–water partition coefficient (Wildman–Crippen LogP) is 3.53. The number of nitrogens with zero attached hydrogens (tertiary/aromatic N) is 1. The van der Waals surface area contributed by atoms with Crippen molar-refractivity contribution in [2.24, 2.45) is 5.73 Å². The Morgan fingerprint density at radius 2 is 2.10 bits per heavy atom. The fourth-order valence-electron chi connectivity index (χ4n) is 1.77. The maximum Gasteiger partial charge on any atom is 0.219 e. The van der Waals surface area contributed by atoms with E-state index in [9.17, 15) is 0 Å². The molecular weight excluding hydrogens is 320 g/mol. The second-order valence-electron chi connectivity index (χ2n) is 4.58. The third-order valence-electron chi connectivity index (χ3n) is 2.71. The first-order valence-electron chi connectivity index (χ1n) is 6.30. The van der Waals surface area contributed by atoms with Crippen molar-refractivity contribution in [1.82, 2.24) is 4.98 Å². The Balaban J connectivity index is 2.10. The van der Waals surface area contributed by atoms with Crippen LogP contribution in [0, 0.1) is 0 Å². The van der Waals surface area contributed by atoms with Crippen molar-refractivity contribution in [3.63, 3.8) is 0 Å². The standard InChI is InChI=1S/C15H17BrN2O2/c1-10(17)7-11-3-6-15(18-9-11)20-14-5-4-12(19-2)8-13(14)16/h3-6,8-10H,7,17H2,1-2H3. The lowest BCUT2D eigenvalue weighted by Gasteiger charge is -2.09. The van der Waals surface area contributed by atoms with Crippen LogP contribution in [0.4, 0.5) is 0 Å². The Kier molecular flexibility index (Phi) is 4.98. The van der Waals surface area contributed by atoms with Crippen LogP contribution in [0.5, 0.6) is 17.4 Å². The van der Waals surface area contributed by atoms with Gasteiger partial charge in [-0.1, -0.05) is 6.07 Å². The lowest BCUT2D eigenvalue weighted by Crippen LogP contribution is -2.17. The van der Waals surface area contributed by atoms with Crippen molar-refractivity contribution >= 4 is 15.9 Å². The fraction of sp³-hybridized carbons (Fsp3) is 0.267. The van der Waals surface area contributed by atoms with Gasteiger partial charge in [0.15, 0.2) is 0 Å². The molecule has 1 aromatic heterocycles. The van der Waals surface area contributed by atoms with Crippen LogP contribution in [0.1, 0.15) is 12.5 Å². The van der Waals surface area contributed by atoms with Crippen molar-refractivity contribution in [3.8, 4) is 17.4 Å². The summed E-state index contributed by atoms with van der Waals surface area (Å²) in [5.74, 6) is 2.01. The number of halogens is 1. The van der Waals surface area contributed by atoms with Crippen LogP contribution in [0.3, 0.4) is 0 Å². The van der Waals surface area contributed by atoms with Crippen LogP contribution in [-0.2, 0) is 6.42 Å². The molecule has 1 unspecified atom stereocenters. The highest BCUT2D eigenvalue weighted by Crippen LogP contribution is 2.31. The lowest BCUT2D eigenvalue weighted by atomic mass is 10.1. The highest BCUT2D eigenvalue weighted by atomic mass is 79.9. The van der Waals surface area contributed by atoms with Gasteiger partial charge in [-0.15, -0.1) is 0 Å². The fourth-order valence-corrected chi connectivity index (χ4v) is 2.21. The number of aromatic nitrogens is 1. The van der Waals surface area contributed by atoms with Gasteiger partial charge in [-0.25, -0.2) is 4.98 Å². The molecule has 0 aliphatic carbocycles. The minimum atomic E-state index is 0.124. The van der Waals surface area contributed by atoms with Crippen molar-refractivity contribution in [3.05, 3.63) is 46.6 Å². The first-order chi connectivity index (χ1) is 9.58. The third kappa shape index (κ3) is 3.95. The van der Waals surface area contributed by atoms with Gasteiger partial charge in [0, 0.05) is 18.3 Å². The summed E-state index contributed by atoms with van der Waals surface area (Å²) in [6, 6.07) is 9.46. The molecular formula is C15H17BrN2O2. The average molecular weight is 337 g/mol. The first-order valence-corrected chi connectivity index (χ1v) is 7.09. The molecule has 0 spiro atoms. The molecule has 0 aliphatic heterocycles. The highest BCUT2D eigenvalue weighted by Gasteiger charge is 2.06. The van der Waals surface area contributed by atoms with E-state index in [0.29, 0.717) is 11.6 Å². The van der Waals surface area contributed by atoms with Gasteiger partial charge < -0.3 is 15.2 Å². The number of benzene rings is 1. The minimum Gasteiger partial charge on any atom is -0.497 e. The number of methoxy groups -OCH3 is 1. The number of hydrogen-bond donors (Lipinski definition) is 1. The quantitative estimate of drug-likeness (QED) is 0.907. The molecule has 0 amide bonds. The van der Waals surface area contributed by atoms with E-state index < -0.39 is 0 Å². The first kappa shape index (κ1) is 14.8. The molecule has 2 aromatic rings. The molecule has 0 bridgehead atoms. The summed E-state index contributed by atoms with van der Waals surface area (Å²) in [6.07, 6.45) is 2.59. The molecule has 0 aliphatic rings. The van der Waals surface area contributed by atoms with Crippen LogP contribution in [0.2, 0.25) is 0 Å². The molecule has 20 heavy (non-hydrogen) atoms. The zero-order valence-electron chi connectivity index (χ0n) is 11.5. The Bertz CT molecular complexity index is 571. The van der Waals surface area contributed by atoms with E-state index in [1.165, 1.54) is 0 Å². The van der Waals surface area contributed by atoms with E-state index in [1.807, 2.05) is 37.3 Å². The number of pyridine rings is 1. The second-order valence-corrected chi connectivity index (χ2v) is 5.44. The van der Waals surface area contributed by atoms with E-state index in [0.717, 1.165) is 22.2 Å². The van der Waals surface area contributed by atoms with Crippen LogP contribution in [-0.4, -0.2) is 18.1 Å². The zero-order valence-corrected chi connectivity index (χ0v) is 13.1. The van der Waals surface area contributed by atoms with Gasteiger partial charge in [0.25, 0.3) is 0 Å². The third-order valence-corrected chi connectivity index (χ3v) is 3.33. The number of rotatable bonds is 5. The molecule has 4 nitrogen and oxygen atoms in total. The van der Waals surface area contributed by atoms with Crippen LogP contribution in [0.15, 0.2) is 41.0 Å². The number of hydrogen-bond acceptors (Lipinski definition) is 4. The van der Waals surface area contributed by atoms with Crippen LogP contribution in [0.25, 0.3) is 0 Å². The van der Waals surface area contributed by atoms with Gasteiger partial charge in [0.05, 0.1) is 11.6 Å². The molecule has 0 saturated heterocycles. The Morgan fingerprint density at radius 1 is 1.30 bits per heavy atom. The van der Waals surface area contributed by atoms with Gasteiger partial charge >= 0.3 is 0 Å². The minimum absolute atomic E-state index is 0.124. The summed E-state index contributed by atoms with van der Waals surface area (Å²) in [5, 5.41) is 0. The summed E-state index contributed by atoms with van der Waals surface area (Å²) in [4.78, 5) is 4.28. The molecule has 0 saturated carbocycles. The molecule has 0 radical (unpaired) electrons. The van der Waals surface area contributed by atoms with Gasteiger partial charge in [-0.2, -0.15) is 0 Å². The molecule has 1 heterocycles. The number of nitrogens with two attached hydrogens (primary N) is 1. The van der Waals surface area contributed by atoms with E-state index >= 15 is 0 Å². The molecule has 1 atom stereocenters. The zero-order chi connectivity index (χ0) is 14.5. The van der Waals surface area contributed by atoms with E-state index in [2.05, 4.69) is 20.9 Å². The van der Waals surface area contributed by atoms with Crippen molar-refractivity contribution in [1.29, 1.82) is 0 Å². The highest BCUT2D eigenvalue weighted by molar-refractivity contribution is 9.10. The maximum absolute atomic E-state index is 5.76. The molecule has 0 fully saturated rings. The normalized spacial score (nSPS) is 12.0. The largest absolute Gasteiger partial charge is 0.497 e. The smallest absolute Gasteiger partial charge is 0.219 e. The SMILES string of the molecule is COc1ccc(Oc2ccc(CC(C)N)cn2)c(Br)c1. The topological polar surface area (TPSA) is 57.4 Å². The van der Waals surface area contributed by atoms with Crippen LogP contribution >= 0.6 is 15.9 Å². The Hall–Kier alpha value is -1.59. The van der Waals surface area contributed by atoms with Crippen molar-refractivity contribution < 1.29 is 9.47 Å². The van der Waals surface area contributed by atoms with Gasteiger partial charge in [0.1, 0.15) is 11.5 Å². The van der Waals surface area contributed by atoms with Gasteiger partial charge in [-0.3, -0.25) is 0 Å². The summed E-state index contributed by atoms with van der Waals surface area (Å²) in [6.45, 7) is 1.97. The average Bonchev–Trinajstić information content (AvgIpc) is 2.42. The molecule has 5 heteroatoms. The molecule has 1 aromatic carbocycles. The summed E-state index contributed by atoms with van der Waals surface area (Å²) < 4.78 is 11.7. The summed E-state index contributed by atoms with van der Waals surface area (Å²) in [7, 11) is 1.63. The van der Waals surface area contributed by atoms with Crippen molar-refractivity contribution in [2.75, 3.05) is 7.11 Å². The number of ether oxygens (including phenoxy) is 2. The Morgan fingerprint density at radius 3 is 2.65 bits per heavy atom. The van der Waals surface area contributed by atoms with Gasteiger partial charge in [-0.05, 0) is 53.0 Å². The lowest BCUT2D eigenvalue weighted by molar-refractivity contribution is 0.411. The monoisotopic (exact) mass is 336 g/mol. The van der Waals surface area contributed by atoms with Crippen LogP contribution < -0.4 is 15.2 Å². The second kappa shape index (κ2) is 6.72. The van der Waals surface area contributed by atoms with E-state index in [1.54, 1.807) is 13.3 Å².